The molecule has 0 amide bonds. The SMILES string of the molecule is Cc1nc(Nc2ccc(N3CCC(C)CC3)cc2)sc1CC(=O)O. The van der Waals surface area contributed by atoms with Crippen LogP contribution in [0.5, 0.6) is 0 Å². The number of aliphatic carboxylic acids is 1. The topological polar surface area (TPSA) is 65.5 Å². The van der Waals surface area contributed by atoms with Gasteiger partial charge in [0.1, 0.15) is 0 Å². The third kappa shape index (κ3) is 4.06. The van der Waals surface area contributed by atoms with Gasteiger partial charge in [-0.15, -0.1) is 11.3 Å². The van der Waals surface area contributed by atoms with Crippen LogP contribution in [-0.4, -0.2) is 29.1 Å². The van der Waals surface area contributed by atoms with Crippen molar-refractivity contribution in [2.24, 2.45) is 5.92 Å². The molecule has 0 atom stereocenters. The number of nitrogens with zero attached hydrogens (tertiary/aromatic N) is 2. The van der Waals surface area contributed by atoms with Crippen LogP contribution in [0, 0.1) is 12.8 Å². The van der Waals surface area contributed by atoms with Crippen molar-refractivity contribution in [1.82, 2.24) is 4.98 Å². The molecule has 2 aromatic rings. The third-order valence-corrected chi connectivity index (χ3v) is 5.54. The van der Waals surface area contributed by atoms with E-state index in [9.17, 15) is 4.79 Å². The molecule has 0 saturated carbocycles. The summed E-state index contributed by atoms with van der Waals surface area (Å²) in [7, 11) is 0. The van der Waals surface area contributed by atoms with Crippen molar-refractivity contribution >= 4 is 33.8 Å². The number of piperidine rings is 1. The summed E-state index contributed by atoms with van der Waals surface area (Å²) in [6.45, 7) is 6.41. The first-order chi connectivity index (χ1) is 11.5. The summed E-state index contributed by atoms with van der Waals surface area (Å²) in [5.41, 5.74) is 3.01. The molecule has 5 nitrogen and oxygen atoms in total. The second-order valence-corrected chi connectivity index (χ2v) is 7.52. The summed E-state index contributed by atoms with van der Waals surface area (Å²) >= 11 is 1.40. The van der Waals surface area contributed by atoms with E-state index in [0.717, 1.165) is 40.4 Å². The van der Waals surface area contributed by atoms with Crippen LogP contribution in [0.2, 0.25) is 0 Å². The summed E-state index contributed by atoms with van der Waals surface area (Å²) in [4.78, 5) is 18.5. The van der Waals surface area contributed by atoms with Gasteiger partial charge in [0.15, 0.2) is 5.13 Å². The Labute approximate surface area is 146 Å². The lowest BCUT2D eigenvalue weighted by Gasteiger charge is -2.32. The van der Waals surface area contributed by atoms with Crippen LogP contribution in [0.15, 0.2) is 24.3 Å². The summed E-state index contributed by atoms with van der Waals surface area (Å²) in [5, 5.41) is 12.9. The lowest BCUT2D eigenvalue weighted by atomic mass is 9.99. The molecule has 1 aliphatic heterocycles. The molecule has 1 saturated heterocycles. The molecule has 0 spiro atoms. The Morgan fingerprint density at radius 1 is 1.33 bits per heavy atom. The van der Waals surface area contributed by atoms with Gasteiger partial charge in [-0.3, -0.25) is 4.79 Å². The molecule has 0 radical (unpaired) electrons. The zero-order chi connectivity index (χ0) is 17.1. The van der Waals surface area contributed by atoms with Crippen molar-refractivity contribution in [1.29, 1.82) is 0 Å². The first kappa shape index (κ1) is 16.8. The monoisotopic (exact) mass is 345 g/mol. The highest BCUT2D eigenvalue weighted by molar-refractivity contribution is 7.15. The van der Waals surface area contributed by atoms with Gasteiger partial charge in [-0.1, -0.05) is 6.92 Å². The molecular weight excluding hydrogens is 322 g/mol. The first-order valence-corrected chi connectivity index (χ1v) is 9.13. The van der Waals surface area contributed by atoms with Gasteiger partial charge in [-0.25, -0.2) is 4.98 Å². The summed E-state index contributed by atoms with van der Waals surface area (Å²) < 4.78 is 0. The molecule has 0 unspecified atom stereocenters. The standard InChI is InChI=1S/C18H23N3O2S/c1-12-7-9-21(10-8-12)15-5-3-14(4-6-15)20-18-19-13(2)16(24-18)11-17(22)23/h3-6,12H,7-11H2,1-2H3,(H,19,20)(H,22,23). The quantitative estimate of drug-likeness (QED) is 0.855. The van der Waals surface area contributed by atoms with E-state index in [1.54, 1.807) is 0 Å². The number of carboxylic acid groups (broad SMARTS) is 1. The number of thiazole rings is 1. The smallest absolute Gasteiger partial charge is 0.308 e. The van der Waals surface area contributed by atoms with Crippen molar-refractivity contribution in [2.45, 2.75) is 33.1 Å². The van der Waals surface area contributed by atoms with Gasteiger partial charge in [-0.2, -0.15) is 0 Å². The molecule has 1 fully saturated rings. The molecule has 2 N–H and O–H groups in total. The van der Waals surface area contributed by atoms with Crippen molar-refractivity contribution in [2.75, 3.05) is 23.3 Å². The van der Waals surface area contributed by atoms with Gasteiger partial charge in [-0.05, 0) is 49.9 Å². The average Bonchev–Trinajstić information content (AvgIpc) is 2.88. The Balaban J connectivity index is 1.65. The van der Waals surface area contributed by atoms with Gasteiger partial charge in [0.05, 0.1) is 12.1 Å². The maximum Gasteiger partial charge on any atom is 0.308 e. The van der Waals surface area contributed by atoms with Crippen LogP contribution in [0.4, 0.5) is 16.5 Å². The number of benzene rings is 1. The van der Waals surface area contributed by atoms with E-state index in [2.05, 4.69) is 46.4 Å². The fraction of sp³-hybridized carbons (Fsp3) is 0.444. The van der Waals surface area contributed by atoms with Crippen LogP contribution >= 0.6 is 11.3 Å². The molecule has 0 bridgehead atoms. The number of carboxylic acids is 1. The molecule has 128 valence electrons. The van der Waals surface area contributed by atoms with Crippen LogP contribution < -0.4 is 10.2 Å². The second kappa shape index (κ2) is 7.21. The van der Waals surface area contributed by atoms with Gasteiger partial charge >= 0.3 is 5.97 Å². The lowest BCUT2D eigenvalue weighted by molar-refractivity contribution is -0.136. The molecule has 3 rings (SSSR count). The number of nitrogens with one attached hydrogen (secondary N) is 1. The minimum Gasteiger partial charge on any atom is -0.481 e. The highest BCUT2D eigenvalue weighted by Gasteiger charge is 2.16. The molecule has 2 heterocycles. The largest absolute Gasteiger partial charge is 0.481 e. The second-order valence-electron chi connectivity index (χ2n) is 6.44. The molecule has 1 aliphatic rings. The van der Waals surface area contributed by atoms with E-state index in [-0.39, 0.29) is 6.42 Å². The molecule has 24 heavy (non-hydrogen) atoms. The van der Waals surface area contributed by atoms with Crippen LogP contribution in [-0.2, 0) is 11.2 Å². The van der Waals surface area contributed by atoms with Gasteiger partial charge in [0.2, 0.25) is 0 Å². The van der Waals surface area contributed by atoms with Crippen LogP contribution in [0.3, 0.4) is 0 Å². The molecule has 0 aliphatic carbocycles. The maximum absolute atomic E-state index is 10.9. The van der Waals surface area contributed by atoms with E-state index in [1.807, 2.05) is 6.92 Å². The van der Waals surface area contributed by atoms with E-state index in [1.165, 1.54) is 29.9 Å². The molecule has 1 aromatic heterocycles. The zero-order valence-electron chi connectivity index (χ0n) is 14.1. The zero-order valence-corrected chi connectivity index (χ0v) is 14.9. The number of hydrogen-bond donors (Lipinski definition) is 2. The first-order valence-electron chi connectivity index (χ1n) is 8.31. The highest BCUT2D eigenvalue weighted by Crippen LogP contribution is 2.28. The average molecular weight is 345 g/mol. The summed E-state index contributed by atoms with van der Waals surface area (Å²) in [5.74, 6) is 0.00355. The predicted octanol–water partition coefficient (Wildman–Crippen LogP) is 4.06. The summed E-state index contributed by atoms with van der Waals surface area (Å²) in [6, 6.07) is 8.38. The number of aryl methyl sites for hydroxylation is 1. The van der Waals surface area contributed by atoms with E-state index in [4.69, 9.17) is 5.11 Å². The third-order valence-electron chi connectivity index (χ3n) is 4.47. The Bertz CT molecular complexity index is 704. The number of aromatic nitrogens is 1. The highest BCUT2D eigenvalue weighted by atomic mass is 32.1. The number of hydrogen-bond acceptors (Lipinski definition) is 5. The van der Waals surface area contributed by atoms with E-state index in [0.29, 0.717) is 0 Å². The molecule has 1 aromatic carbocycles. The fourth-order valence-corrected chi connectivity index (χ4v) is 3.90. The Hall–Kier alpha value is -2.08. The minimum atomic E-state index is -0.825. The van der Waals surface area contributed by atoms with Crippen molar-refractivity contribution in [3.05, 3.63) is 34.8 Å². The van der Waals surface area contributed by atoms with Crippen molar-refractivity contribution in [3.63, 3.8) is 0 Å². The predicted molar refractivity (Wildman–Crippen MR) is 98.5 cm³/mol. The van der Waals surface area contributed by atoms with E-state index < -0.39 is 5.97 Å². The minimum absolute atomic E-state index is 0.0253. The van der Waals surface area contributed by atoms with Gasteiger partial charge in [0, 0.05) is 29.3 Å². The summed E-state index contributed by atoms with van der Waals surface area (Å²) in [6.07, 6.45) is 2.53. The number of anilines is 3. The number of carbonyl (C=O) groups is 1. The fourth-order valence-electron chi connectivity index (χ4n) is 2.93. The molecular formula is C18H23N3O2S. The molecule has 6 heteroatoms. The Morgan fingerprint density at radius 2 is 2.00 bits per heavy atom. The Kier molecular flexibility index (Phi) is 5.04. The number of rotatable bonds is 5. The lowest BCUT2D eigenvalue weighted by Crippen LogP contribution is -2.32. The van der Waals surface area contributed by atoms with E-state index >= 15 is 0 Å². The Morgan fingerprint density at radius 3 is 2.62 bits per heavy atom. The van der Waals surface area contributed by atoms with Gasteiger partial charge < -0.3 is 15.3 Å². The van der Waals surface area contributed by atoms with Crippen LogP contribution in [0.1, 0.15) is 30.3 Å². The maximum atomic E-state index is 10.9. The van der Waals surface area contributed by atoms with Crippen LogP contribution in [0.25, 0.3) is 0 Å². The van der Waals surface area contributed by atoms with Crippen molar-refractivity contribution < 1.29 is 9.90 Å². The van der Waals surface area contributed by atoms with Crippen molar-refractivity contribution in [3.8, 4) is 0 Å². The van der Waals surface area contributed by atoms with Gasteiger partial charge in [0.25, 0.3) is 0 Å². The normalized spacial score (nSPS) is 15.5.